The Morgan fingerprint density at radius 3 is 2.81 bits per heavy atom. The minimum absolute atomic E-state index is 0.00301. The van der Waals surface area contributed by atoms with Gasteiger partial charge in [0.1, 0.15) is 0 Å². The Balaban J connectivity index is 1.97. The van der Waals surface area contributed by atoms with Crippen molar-refractivity contribution in [1.82, 2.24) is 0 Å². The highest BCUT2D eigenvalue weighted by Crippen LogP contribution is 2.29. The lowest BCUT2D eigenvalue weighted by Crippen LogP contribution is -2.09. The van der Waals surface area contributed by atoms with Crippen molar-refractivity contribution in [2.24, 2.45) is 5.92 Å². The van der Waals surface area contributed by atoms with Crippen molar-refractivity contribution in [3.05, 3.63) is 35.4 Å². The lowest BCUT2D eigenvalue weighted by atomic mass is 9.98. The highest BCUT2D eigenvalue weighted by Gasteiger charge is 2.29. The molecule has 0 fully saturated rings. The monoisotopic (exact) mass is 218 g/mol. The third-order valence-corrected chi connectivity index (χ3v) is 3.06. The predicted octanol–water partition coefficient (Wildman–Crippen LogP) is 2.30. The molecule has 1 unspecified atom stereocenters. The quantitative estimate of drug-likeness (QED) is 0.843. The summed E-state index contributed by atoms with van der Waals surface area (Å²) in [6, 6.07) is 7.64. The number of hydrogen-bond acceptors (Lipinski definition) is 2. The van der Waals surface area contributed by atoms with Crippen LogP contribution in [0.4, 0.5) is 0 Å². The van der Waals surface area contributed by atoms with Crippen LogP contribution in [-0.2, 0) is 11.2 Å². The van der Waals surface area contributed by atoms with Crippen molar-refractivity contribution in [3.63, 3.8) is 0 Å². The first-order chi connectivity index (χ1) is 7.68. The van der Waals surface area contributed by atoms with E-state index in [1.165, 1.54) is 0 Å². The molecule has 16 heavy (non-hydrogen) atoms. The smallest absolute Gasteiger partial charge is 0.303 e. The zero-order chi connectivity index (χ0) is 11.5. The van der Waals surface area contributed by atoms with Gasteiger partial charge in [-0.15, -0.1) is 0 Å². The van der Waals surface area contributed by atoms with Gasteiger partial charge in [0.25, 0.3) is 0 Å². The lowest BCUT2D eigenvalue weighted by molar-refractivity contribution is -0.137. The fourth-order valence-electron chi connectivity index (χ4n) is 2.25. The first-order valence-corrected chi connectivity index (χ1v) is 5.52. The van der Waals surface area contributed by atoms with Gasteiger partial charge in [0, 0.05) is 17.9 Å². The third kappa shape index (κ3) is 2.13. The predicted molar refractivity (Wildman–Crippen MR) is 59.5 cm³/mol. The SMILES string of the molecule is O=C(O)CCCC1Cc2ccccc2C1=O. The van der Waals surface area contributed by atoms with Crippen LogP contribution in [0.1, 0.15) is 35.2 Å². The highest BCUT2D eigenvalue weighted by atomic mass is 16.4. The average molecular weight is 218 g/mol. The van der Waals surface area contributed by atoms with Gasteiger partial charge in [0.15, 0.2) is 5.78 Å². The number of carbonyl (C=O) groups excluding carboxylic acids is 1. The summed E-state index contributed by atoms with van der Waals surface area (Å²) >= 11 is 0. The number of aliphatic carboxylic acids is 1. The van der Waals surface area contributed by atoms with E-state index in [0.29, 0.717) is 12.8 Å². The maximum Gasteiger partial charge on any atom is 0.303 e. The maximum absolute atomic E-state index is 11.9. The Labute approximate surface area is 94.1 Å². The Morgan fingerprint density at radius 1 is 1.38 bits per heavy atom. The second-order valence-electron chi connectivity index (χ2n) is 4.21. The number of fused-ring (bicyclic) bond motifs is 1. The van der Waals surface area contributed by atoms with Crippen molar-refractivity contribution in [3.8, 4) is 0 Å². The number of carbonyl (C=O) groups is 2. The van der Waals surface area contributed by atoms with Crippen LogP contribution in [0.5, 0.6) is 0 Å². The maximum atomic E-state index is 11.9. The van der Waals surface area contributed by atoms with Crippen LogP contribution in [0.15, 0.2) is 24.3 Å². The highest BCUT2D eigenvalue weighted by molar-refractivity contribution is 6.02. The zero-order valence-electron chi connectivity index (χ0n) is 8.98. The average Bonchev–Trinajstić information content (AvgIpc) is 2.56. The molecule has 1 N–H and O–H groups in total. The molecule has 0 saturated carbocycles. The molecule has 0 radical (unpaired) electrons. The standard InChI is InChI=1S/C13H14O3/c14-12(15)7-3-5-10-8-9-4-1-2-6-11(9)13(10)16/h1-2,4,6,10H,3,5,7-8H2,(H,14,15). The molecule has 3 nitrogen and oxygen atoms in total. The summed E-state index contributed by atoms with van der Waals surface area (Å²) < 4.78 is 0. The zero-order valence-corrected chi connectivity index (χ0v) is 8.98. The van der Waals surface area contributed by atoms with E-state index < -0.39 is 5.97 Å². The summed E-state index contributed by atoms with van der Waals surface area (Å²) in [6.45, 7) is 0. The largest absolute Gasteiger partial charge is 0.481 e. The summed E-state index contributed by atoms with van der Waals surface area (Å²) in [5.74, 6) is -0.610. The van der Waals surface area contributed by atoms with E-state index in [-0.39, 0.29) is 18.1 Å². The summed E-state index contributed by atoms with van der Waals surface area (Å²) in [5, 5.41) is 8.54. The van der Waals surface area contributed by atoms with E-state index in [1.54, 1.807) is 0 Å². The molecule has 0 bridgehead atoms. The van der Waals surface area contributed by atoms with Gasteiger partial charge >= 0.3 is 5.97 Å². The van der Waals surface area contributed by atoms with Gasteiger partial charge in [-0.05, 0) is 24.8 Å². The number of hydrogen-bond donors (Lipinski definition) is 1. The number of rotatable bonds is 4. The lowest BCUT2D eigenvalue weighted by Gasteiger charge is -2.05. The van der Waals surface area contributed by atoms with Crippen LogP contribution < -0.4 is 0 Å². The fourth-order valence-corrected chi connectivity index (χ4v) is 2.25. The van der Waals surface area contributed by atoms with Crippen molar-refractivity contribution < 1.29 is 14.7 Å². The number of carboxylic acid groups (broad SMARTS) is 1. The third-order valence-electron chi connectivity index (χ3n) is 3.06. The Kier molecular flexibility index (Phi) is 3.04. The normalized spacial score (nSPS) is 18.5. The number of Topliss-reactive ketones (excluding diaryl/α,β-unsaturated/α-hetero) is 1. The fraction of sp³-hybridized carbons (Fsp3) is 0.385. The number of benzene rings is 1. The molecule has 0 aromatic heterocycles. The van der Waals surface area contributed by atoms with Gasteiger partial charge in [0.05, 0.1) is 0 Å². The molecular weight excluding hydrogens is 204 g/mol. The van der Waals surface area contributed by atoms with E-state index in [1.807, 2.05) is 24.3 Å². The molecule has 0 saturated heterocycles. The number of ketones is 1. The Hall–Kier alpha value is -1.64. The summed E-state index contributed by atoms with van der Waals surface area (Å²) in [7, 11) is 0. The van der Waals surface area contributed by atoms with Gasteiger partial charge in [0.2, 0.25) is 0 Å². The van der Waals surface area contributed by atoms with Crippen LogP contribution in [0.2, 0.25) is 0 Å². The second-order valence-corrected chi connectivity index (χ2v) is 4.21. The summed E-state index contributed by atoms with van der Waals surface area (Å²) in [6.07, 6.45) is 2.19. The van der Waals surface area contributed by atoms with E-state index in [2.05, 4.69) is 0 Å². The van der Waals surface area contributed by atoms with Gasteiger partial charge in [-0.2, -0.15) is 0 Å². The van der Waals surface area contributed by atoms with Crippen LogP contribution in [-0.4, -0.2) is 16.9 Å². The van der Waals surface area contributed by atoms with E-state index in [0.717, 1.165) is 17.5 Å². The van der Waals surface area contributed by atoms with Crippen molar-refractivity contribution in [2.75, 3.05) is 0 Å². The molecule has 0 heterocycles. The van der Waals surface area contributed by atoms with Crippen molar-refractivity contribution >= 4 is 11.8 Å². The van der Waals surface area contributed by atoms with E-state index in [9.17, 15) is 9.59 Å². The van der Waals surface area contributed by atoms with Crippen LogP contribution in [0.25, 0.3) is 0 Å². The molecule has 1 aromatic rings. The first-order valence-electron chi connectivity index (χ1n) is 5.52. The van der Waals surface area contributed by atoms with Crippen LogP contribution in [0, 0.1) is 5.92 Å². The second kappa shape index (κ2) is 4.47. The Morgan fingerprint density at radius 2 is 2.12 bits per heavy atom. The molecule has 0 spiro atoms. The van der Waals surface area contributed by atoms with Crippen molar-refractivity contribution in [1.29, 1.82) is 0 Å². The number of carboxylic acids is 1. The van der Waals surface area contributed by atoms with Gasteiger partial charge in [-0.1, -0.05) is 24.3 Å². The summed E-state index contributed by atoms with van der Waals surface area (Å²) in [4.78, 5) is 22.3. The molecule has 1 aliphatic carbocycles. The molecule has 2 rings (SSSR count). The van der Waals surface area contributed by atoms with E-state index in [4.69, 9.17) is 5.11 Å². The molecule has 1 atom stereocenters. The van der Waals surface area contributed by atoms with Crippen molar-refractivity contribution in [2.45, 2.75) is 25.7 Å². The molecule has 1 aliphatic rings. The molecular formula is C13H14O3. The van der Waals surface area contributed by atoms with Gasteiger partial charge in [-0.25, -0.2) is 0 Å². The molecule has 3 heteroatoms. The molecule has 1 aromatic carbocycles. The minimum Gasteiger partial charge on any atom is -0.481 e. The van der Waals surface area contributed by atoms with Gasteiger partial charge in [-0.3, -0.25) is 9.59 Å². The summed E-state index contributed by atoms with van der Waals surface area (Å²) in [5.41, 5.74) is 1.93. The first kappa shape index (κ1) is 10.9. The van der Waals surface area contributed by atoms with Crippen LogP contribution >= 0.6 is 0 Å². The molecule has 0 aliphatic heterocycles. The van der Waals surface area contributed by atoms with Crippen LogP contribution in [0.3, 0.4) is 0 Å². The topological polar surface area (TPSA) is 54.4 Å². The Bertz CT molecular complexity index is 423. The van der Waals surface area contributed by atoms with Gasteiger partial charge < -0.3 is 5.11 Å². The molecule has 0 amide bonds. The van der Waals surface area contributed by atoms with E-state index >= 15 is 0 Å². The molecule has 84 valence electrons. The minimum atomic E-state index is -0.789.